The number of anilines is 1. The third-order valence-electron chi connectivity index (χ3n) is 4.21. The highest BCUT2D eigenvalue weighted by Crippen LogP contribution is 2.28. The number of esters is 1. The van der Waals surface area contributed by atoms with E-state index in [4.69, 9.17) is 9.47 Å². The molecule has 0 unspecified atom stereocenters. The van der Waals surface area contributed by atoms with Crippen LogP contribution in [-0.4, -0.2) is 42.9 Å². The maximum atomic E-state index is 12.4. The van der Waals surface area contributed by atoms with E-state index in [2.05, 4.69) is 21.2 Å². The minimum atomic E-state index is -0.572. The van der Waals surface area contributed by atoms with Crippen molar-refractivity contribution in [3.05, 3.63) is 75.9 Å². The van der Waals surface area contributed by atoms with Crippen LogP contribution in [0.1, 0.15) is 15.9 Å². The molecule has 1 amide bonds. The zero-order valence-corrected chi connectivity index (χ0v) is 17.3. The summed E-state index contributed by atoms with van der Waals surface area (Å²) in [5.41, 5.74) is 2.30. The lowest BCUT2D eigenvalue weighted by Crippen LogP contribution is -2.41. The molecule has 0 fully saturated rings. The van der Waals surface area contributed by atoms with Gasteiger partial charge in [0.25, 0.3) is 0 Å². The van der Waals surface area contributed by atoms with Crippen molar-refractivity contribution in [1.82, 2.24) is 4.90 Å². The summed E-state index contributed by atoms with van der Waals surface area (Å²) in [4.78, 5) is 37.7. The average Bonchev–Trinajstić information content (AvgIpc) is 2.73. The van der Waals surface area contributed by atoms with Gasteiger partial charge in [-0.25, -0.2) is 9.59 Å². The average molecular weight is 459 g/mol. The summed E-state index contributed by atoms with van der Waals surface area (Å²) in [5, 5.41) is 3.09. The highest BCUT2D eigenvalue weighted by molar-refractivity contribution is 9.10. The zero-order chi connectivity index (χ0) is 20.8. The Labute approximate surface area is 176 Å². The highest BCUT2D eigenvalue weighted by atomic mass is 79.9. The minimum Gasteiger partial charge on any atom is -0.465 e. The van der Waals surface area contributed by atoms with Gasteiger partial charge in [0, 0.05) is 11.8 Å². The second-order valence-corrected chi connectivity index (χ2v) is 7.11. The molecule has 0 spiro atoms. The number of hydrogen-bond acceptors (Lipinski definition) is 6. The Hall–Kier alpha value is -3.13. The second kappa shape index (κ2) is 9.38. The fourth-order valence-electron chi connectivity index (χ4n) is 2.82. The lowest BCUT2D eigenvalue weighted by molar-refractivity contribution is -0.116. The van der Waals surface area contributed by atoms with Gasteiger partial charge < -0.3 is 14.8 Å². The summed E-state index contributed by atoms with van der Waals surface area (Å²) in [6.45, 7) is 0.250. The number of nitrogens with zero attached hydrogens (tertiary/aromatic N) is 1. The number of carbonyl (C=O) groups is 3. The SMILES string of the molecule is COC(=O)c1cccc(NC2=CC(=O)CN(C(=O)OCc3ccccc3)C2)c1Br. The third kappa shape index (κ3) is 5.23. The lowest BCUT2D eigenvalue weighted by Gasteiger charge is -2.27. The largest absolute Gasteiger partial charge is 0.465 e. The van der Waals surface area contributed by atoms with E-state index in [1.54, 1.807) is 18.2 Å². The standard InChI is InChI=1S/C21H19BrN2O5/c1-28-20(26)17-8-5-9-18(19(17)22)23-15-10-16(25)12-24(11-15)21(27)29-13-14-6-3-2-4-7-14/h2-10,23H,11-13H2,1H3. The fourth-order valence-corrected chi connectivity index (χ4v) is 3.34. The van der Waals surface area contributed by atoms with E-state index in [1.165, 1.54) is 18.1 Å². The van der Waals surface area contributed by atoms with E-state index >= 15 is 0 Å². The Morgan fingerprint density at radius 1 is 1.10 bits per heavy atom. The topological polar surface area (TPSA) is 84.9 Å². The van der Waals surface area contributed by atoms with Gasteiger partial charge in [-0.3, -0.25) is 9.69 Å². The molecular weight excluding hydrogens is 440 g/mol. The van der Waals surface area contributed by atoms with Crippen LogP contribution in [0, 0.1) is 0 Å². The Morgan fingerprint density at radius 2 is 1.86 bits per heavy atom. The van der Waals surface area contributed by atoms with Crippen LogP contribution in [0.3, 0.4) is 0 Å². The molecule has 0 aliphatic carbocycles. The van der Waals surface area contributed by atoms with E-state index in [9.17, 15) is 14.4 Å². The smallest absolute Gasteiger partial charge is 0.410 e. The van der Waals surface area contributed by atoms with Gasteiger partial charge in [0.1, 0.15) is 6.61 Å². The lowest BCUT2D eigenvalue weighted by atomic mass is 10.1. The van der Waals surface area contributed by atoms with E-state index in [-0.39, 0.29) is 25.5 Å². The Kier molecular flexibility index (Phi) is 6.66. The highest BCUT2D eigenvalue weighted by Gasteiger charge is 2.24. The number of halogens is 1. The Morgan fingerprint density at radius 3 is 2.59 bits per heavy atom. The van der Waals surface area contributed by atoms with Crippen molar-refractivity contribution in [1.29, 1.82) is 0 Å². The molecule has 150 valence electrons. The first-order valence-corrected chi connectivity index (χ1v) is 9.60. The van der Waals surface area contributed by atoms with Gasteiger partial charge in [-0.1, -0.05) is 36.4 Å². The number of ether oxygens (including phenoxy) is 2. The van der Waals surface area contributed by atoms with Crippen molar-refractivity contribution in [2.24, 2.45) is 0 Å². The normalized spacial score (nSPS) is 13.5. The summed E-state index contributed by atoms with van der Waals surface area (Å²) in [5.74, 6) is -0.712. The molecule has 7 nitrogen and oxygen atoms in total. The van der Waals surface area contributed by atoms with E-state index in [0.717, 1.165) is 5.56 Å². The minimum absolute atomic E-state index is 0.0534. The van der Waals surface area contributed by atoms with Crippen LogP contribution in [0.25, 0.3) is 0 Å². The van der Waals surface area contributed by atoms with E-state index < -0.39 is 12.1 Å². The molecule has 0 aromatic heterocycles. The summed E-state index contributed by atoms with van der Waals surface area (Å²) in [6.07, 6.45) is 0.870. The first-order valence-electron chi connectivity index (χ1n) is 8.81. The van der Waals surface area contributed by atoms with E-state index in [1.807, 2.05) is 30.3 Å². The van der Waals surface area contributed by atoms with Crippen molar-refractivity contribution in [2.75, 3.05) is 25.5 Å². The number of ketones is 1. The molecule has 0 saturated heterocycles. The summed E-state index contributed by atoms with van der Waals surface area (Å²) in [6, 6.07) is 14.4. The first-order chi connectivity index (χ1) is 14.0. The van der Waals surface area contributed by atoms with E-state index in [0.29, 0.717) is 21.4 Å². The molecule has 8 heteroatoms. The van der Waals surface area contributed by atoms with Crippen LogP contribution in [0.2, 0.25) is 0 Å². The van der Waals surface area contributed by atoms with Gasteiger partial charge in [-0.15, -0.1) is 0 Å². The summed E-state index contributed by atoms with van der Waals surface area (Å²) < 4.78 is 10.6. The van der Waals surface area contributed by atoms with Gasteiger partial charge in [0.2, 0.25) is 0 Å². The number of amides is 1. The quantitative estimate of drug-likeness (QED) is 0.686. The van der Waals surface area contributed by atoms with Crippen LogP contribution >= 0.6 is 15.9 Å². The van der Waals surface area contributed by atoms with Crippen LogP contribution < -0.4 is 5.32 Å². The number of rotatable bonds is 5. The molecule has 2 aromatic carbocycles. The van der Waals surface area contributed by atoms with Crippen molar-refractivity contribution in [3.63, 3.8) is 0 Å². The van der Waals surface area contributed by atoms with Crippen molar-refractivity contribution >= 4 is 39.5 Å². The van der Waals surface area contributed by atoms with Gasteiger partial charge in [-0.2, -0.15) is 0 Å². The van der Waals surface area contributed by atoms with Crippen molar-refractivity contribution in [3.8, 4) is 0 Å². The molecule has 0 radical (unpaired) electrons. The molecule has 1 aliphatic rings. The molecule has 1 heterocycles. The molecule has 1 N–H and O–H groups in total. The Balaban J connectivity index is 1.68. The maximum Gasteiger partial charge on any atom is 0.410 e. The van der Waals surface area contributed by atoms with Gasteiger partial charge in [0.15, 0.2) is 5.78 Å². The number of benzene rings is 2. The molecule has 0 atom stereocenters. The summed E-state index contributed by atoms with van der Waals surface area (Å²) in [7, 11) is 1.30. The fraction of sp³-hybridized carbons (Fsp3) is 0.190. The molecular formula is C21H19BrN2O5. The first kappa shape index (κ1) is 20.6. The number of methoxy groups -OCH3 is 1. The summed E-state index contributed by atoms with van der Waals surface area (Å²) >= 11 is 3.38. The zero-order valence-electron chi connectivity index (χ0n) is 15.7. The van der Waals surface area contributed by atoms with Crippen LogP contribution in [0.15, 0.2) is 64.8 Å². The Bertz CT molecular complexity index is 959. The molecule has 2 aromatic rings. The predicted octanol–water partition coefficient (Wildman–Crippen LogP) is 3.75. The second-order valence-electron chi connectivity index (χ2n) is 6.32. The van der Waals surface area contributed by atoms with Crippen molar-refractivity contribution < 1.29 is 23.9 Å². The molecule has 0 saturated carbocycles. The van der Waals surface area contributed by atoms with Crippen molar-refractivity contribution in [2.45, 2.75) is 6.61 Å². The molecule has 29 heavy (non-hydrogen) atoms. The number of nitrogens with one attached hydrogen (secondary N) is 1. The third-order valence-corrected chi connectivity index (χ3v) is 5.06. The van der Waals surface area contributed by atoms with Gasteiger partial charge in [-0.05, 0) is 33.6 Å². The van der Waals surface area contributed by atoms with Crippen LogP contribution in [0.4, 0.5) is 10.5 Å². The number of carbonyl (C=O) groups excluding carboxylic acids is 3. The molecule has 3 rings (SSSR count). The van der Waals surface area contributed by atoms with Gasteiger partial charge in [0.05, 0.1) is 35.9 Å². The van der Waals surface area contributed by atoms with Crippen LogP contribution in [-0.2, 0) is 20.9 Å². The predicted molar refractivity (Wildman–Crippen MR) is 110 cm³/mol. The molecule has 1 aliphatic heterocycles. The molecule has 0 bridgehead atoms. The van der Waals surface area contributed by atoms with Crippen LogP contribution in [0.5, 0.6) is 0 Å². The number of hydrogen-bond donors (Lipinski definition) is 1. The maximum absolute atomic E-state index is 12.4. The monoisotopic (exact) mass is 458 g/mol. The van der Waals surface area contributed by atoms with Gasteiger partial charge >= 0.3 is 12.1 Å².